The molecular formula is C15H19ClN2O3. The molecule has 0 N–H and O–H groups in total. The van der Waals surface area contributed by atoms with Crippen molar-refractivity contribution in [2.24, 2.45) is 0 Å². The van der Waals surface area contributed by atoms with Gasteiger partial charge in [0.05, 0.1) is 4.92 Å². The highest BCUT2D eigenvalue weighted by Crippen LogP contribution is 2.28. The minimum absolute atomic E-state index is 0.136. The summed E-state index contributed by atoms with van der Waals surface area (Å²) < 4.78 is 0. The topological polar surface area (TPSA) is 63.5 Å². The fraction of sp³-hybridized carbons (Fsp3) is 0.533. The molecule has 2 rings (SSSR count). The Hall–Kier alpha value is -1.62. The van der Waals surface area contributed by atoms with Crippen LogP contribution in [-0.2, 0) is 0 Å². The summed E-state index contributed by atoms with van der Waals surface area (Å²) in [6.07, 6.45) is 4.07. The van der Waals surface area contributed by atoms with Gasteiger partial charge in [-0.3, -0.25) is 14.9 Å². The molecule has 0 bridgehead atoms. The molecule has 1 aromatic carbocycles. The van der Waals surface area contributed by atoms with Crippen molar-refractivity contribution >= 4 is 23.2 Å². The minimum atomic E-state index is -0.500. The SMILES string of the molecule is Cc1ccc([N+](=O)[O-])c(C(=O)N(CCCl)C2CCCC2)c1. The van der Waals surface area contributed by atoms with E-state index in [-0.39, 0.29) is 23.2 Å². The van der Waals surface area contributed by atoms with Crippen molar-refractivity contribution < 1.29 is 9.72 Å². The fourth-order valence-electron chi connectivity index (χ4n) is 2.89. The number of nitrogens with zero attached hydrogens (tertiary/aromatic N) is 2. The van der Waals surface area contributed by atoms with E-state index < -0.39 is 4.92 Å². The van der Waals surface area contributed by atoms with Crippen LogP contribution >= 0.6 is 11.6 Å². The number of rotatable bonds is 5. The van der Waals surface area contributed by atoms with Crippen molar-refractivity contribution in [3.63, 3.8) is 0 Å². The minimum Gasteiger partial charge on any atom is -0.334 e. The van der Waals surface area contributed by atoms with Crippen molar-refractivity contribution in [3.8, 4) is 0 Å². The number of carbonyl (C=O) groups excluding carboxylic acids is 1. The maximum absolute atomic E-state index is 12.8. The van der Waals surface area contributed by atoms with Gasteiger partial charge in [0.1, 0.15) is 5.56 Å². The number of nitro groups is 1. The van der Waals surface area contributed by atoms with Gasteiger partial charge < -0.3 is 4.90 Å². The molecule has 0 atom stereocenters. The molecule has 1 aliphatic carbocycles. The number of nitro benzene ring substituents is 1. The van der Waals surface area contributed by atoms with Crippen LogP contribution in [0.3, 0.4) is 0 Å². The molecule has 1 saturated carbocycles. The third kappa shape index (κ3) is 3.53. The van der Waals surface area contributed by atoms with Crippen LogP contribution in [0.5, 0.6) is 0 Å². The Morgan fingerprint density at radius 1 is 1.43 bits per heavy atom. The number of amides is 1. The van der Waals surface area contributed by atoms with Gasteiger partial charge in [-0.25, -0.2) is 0 Å². The predicted molar refractivity (Wildman–Crippen MR) is 81.8 cm³/mol. The first-order valence-electron chi connectivity index (χ1n) is 7.16. The lowest BCUT2D eigenvalue weighted by Gasteiger charge is -2.28. The van der Waals surface area contributed by atoms with Crippen molar-refractivity contribution in [1.29, 1.82) is 0 Å². The van der Waals surface area contributed by atoms with E-state index in [1.54, 1.807) is 17.0 Å². The van der Waals surface area contributed by atoms with Crippen LogP contribution in [0, 0.1) is 17.0 Å². The molecule has 1 aromatic rings. The summed E-state index contributed by atoms with van der Waals surface area (Å²) in [5.74, 6) is 0.0555. The predicted octanol–water partition coefficient (Wildman–Crippen LogP) is 3.53. The van der Waals surface area contributed by atoms with Gasteiger partial charge in [-0.15, -0.1) is 11.6 Å². The van der Waals surface area contributed by atoms with Gasteiger partial charge in [0.25, 0.3) is 11.6 Å². The summed E-state index contributed by atoms with van der Waals surface area (Å²) in [7, 11) is 0. The number of aryl methyl sites for hydroxylation is 1. The van der Waals surface area contributed by atoms with Gasteiger partial charge in [0, 0.05) is 24.5 Å². The molecule has 0 heterocycles. The Kier molecular flexibility index (Phi) is 5.17. The summed E-state index contributed by atoms with van der Waals surface area (Å²) >= 11 is 5.81. The molecule has 1 aliphatic rings. The zero-order chi connectivity index (χ0) is 15.4. The van der Waals surface area contributed by atoms with E-state index in [1.807, 2.05) is 6.92 Å². The summed E-state index contributed by atoms with van der Waals surface area (Å²) in [6.45, 7) is 2.25. The number of carbonyl (C=O) groups is 1. The van der Waals surface area contributed by atoms with Crippen molar-refractivity contribution in [3.05, 3.63) is 39.4 Å². The zero-order valence-electron chi connectivity index (χ0n) is 12.0. The highest BCUT2D eigenvalue weighted by molar-refractivity contribution is 6.18. The molecule has 6 heteroatoms. The molecule has 5 nitrogen and oxygen atoms in total. The monoisotopic (exact) mass is 310 g/mol. The quantitative estimate of drug-likeness (QED) is 0.475. The van der Waals surface area contributed by atoms with Crippen molar-refractivity contribution in [2.45, 2.75) is 38.6 Å². The second-order valence-corrected chi connectivity index (χ2v) is 5.78. The van der Waals surface area contributed by atoms with Crippen LogP contribution < -0.4 is 0 Å². The van der Waals surface area contributed by atoms with Crippen molar-refractivity contribution in [2.75, 3.05) is 12.4 Å². The van der Waals surface area contributed by atoms with Crippen LogP contribution in [0.25, 0.3) is 0 Å². The smallest absolute Gasteiger partial charge is 0.282 e. The van der Waals surface area contributed by atoms with Crippen LogP contribution in [0.4, 0.5) is 5.69 Å². The van der Waals surface area contributed by atoms with Gasteiger partial charge in [0.2, 0.25) is 0 Å². The van der Waals surface area contributed by atoms with Gasteiger partial charge >= 0.3 is 0 Å². The van der Waals surface area contributed by atoms with E-state index in [9.17, 15) is 14.9 Å². The van der Waals surface area contributed by atoms with E-state index in [0.717, 1.165) is 31.2 Å². The Bertz CT molecular complexity index is 542. The molecule has 0 unspecified atom stereocenters. The van der Waals surface area contributed by atoms with Gasteiger partial charge in [-0.1, -0.05) is 18.9 Å². The van der Waals surface area contributed by atoms with E-state index in [0.29, 0.717) is 12.4 Å². The molecule has 21 heavy (non-hydrogen) atoms. The van der Waals surface area contributed by atoms with E-state index in [2.05, 4.69) is 0 Å². The largest absolute Gasteiger partial charge is 0.334 e. The first-order valence-corrected chi connectivity index (χ1v) is 7.70. The Morgan fingerprint density at radius 3 is 2.67 bits per heavy atom. The van der Waals surface area contributed by atoms with E-state index in [1.165, 1.54) is 6.07 Å². The lowest BCUT2D eigenvalue weighted by Crippen LogP contribution is -2.40. The Balaban J connectivity index is 2.35. The summed E-state index contributed by atoms with van der Waals surface area (Å²) in [5, 5.41) is 11.1. The molecule has 0 radical (unpaired) electrons. The van der Waals surface area contributed by atoms with E-state index >= 15 is 0 Å². The molecule has 0 saturated heterocycles. The van der Waals surface area contributed by atoms with Crippen LogP contribution in [0.2, 0.25) is 0 Å². The van der Waals surface area contributed by atoms with Gasteiger partial charge in [-0.05, 0) is 31.4 Å². The summed E-state index contributed by atoms with van der Waals surface area (Å²) in [5.41, 5.74) is 0.862. The average Bonchev–Trinajstić information content (AvgIpc) is 2.97. The van der Waals surface area contributed by atoms with Crippen LogP contribution in [0.1, 0.15) is 41.6 Å². The molecule has 0 spiro atoms. The zero-order valence-corrected chi connectivity index (χ0v) is 12.8. The number of alkyl halides is 1. The highest BCUT2D eigenvalue weighted by Gasteiger charge is 2.30. The number of halogens is 1. The molecule has 0 aromatic heterocycles. The molecular weight excluding hydrogens is 292 g/mol. The van der Waals surface area contributed by atoms with Crippen LogP contribution in [-0.4, -0.2) is 34.2 Å². The second-order valence-electron chi connectivity index (χ2n) is 5.40. The number of hydrogen-bond acceptors (Lipinski definition) is 3. The highest BCUT2D eigenvalue weighted by atomic mass is 35.5. The molecule has 0 aliphatic heterocycles. The maximum Gasteiger partial charge on any atom is 0.282 e. The maximum atomic E-state index is 12.8. The lowest BCUT2D eigenvalue weighted by molar-refractivity contribution is -0.385. The third-order valence-corrected chi connectivity index (χ3v) is 4.10. The summed E-state index contributed by atoms with van der Waals surface area (Å²) in [6, 6.07) is 4.79. The standard InChI is InChI=1S/C15H19ClN2O3/c1-11-6-7-14(18(20)21)13(10-11)15(19)17(9-8-16)12-4-2-3-5-12/h6-7,10,12H,2-5,8-9H2,1H3. The second kappa shape index (κ2) is 6.89. The Labute approximate surface area is 129 Å². The molecule has 1 fully saturated rings. The van der Waals surface area contributed by atoms with Crippen molar-refractivity contribution in [1.82, 2.24) is 4.90 Å². The number of benzene rings is 1. The average molecular weight is 311 g/mol. The van der Waals surface area contributed by atoms with E-state index in [4.69, 9.17) is 11.6 Å². The number of hydrogen-bond donors (Lipinski definition) is 0. The first kappa shape index (κ1) is 15.8. The van der Waals surface area contributed by atoms with Gasteiger partial charge in [0.15, 0.2) is 0 Å². The van der Waals surface area contributed by atoms with Crippen LogP contribution in [0.15, 0.2) is 18.2 Å². The fourth-order valence-corrected chi connectivity index (χ4v) is 3.07. The first-order chi connectivity index (χ1) is 10.0. The summed E-state index contributed by atoms with van der Waals surface area (Å²) in [4.78, 5) is 25.1. The Morgan fingerprint density at radius 2 is 2.10 bits per heavy atom. The normalized spacial score (nSPS) is 15.1. The third-order valence-electron chi connectivity index (χ3n) is 3.93. The molecule has 114 valence electrons. The van der Waals surface area contributed by atoms with Gasteiger partial charge in [-0.2, -0.15) is 0 Å². The molecule has 1 amide bonds. The lowest BCUT2D eigenvalue weighted by atomic mass is 10.1.